The molecule has 0 atom stereocenters. The number of hydrogen-bond donors (Lipinski definition) is 1. The number of amides is 2. The fourth-order valence-electron chi connectivity index (χ4n) is 2.37. The van der Waals surface area contributed by atoms with Gasteiger partial charge in [-0.15, -0.1) is 0 Å². The highest BCUT2D eigenvalue weighted by Crippen LogP contribution is 2.38. The largest absolute Gasteiger partial charge is 0.416 e. The lowest BCUT2D eigenvalue weighted by Crippen LogP contribution is -2.32. The maximum Gasteiger partial charge on any atom is 0.416 e. The molecule has 1 aliphatic rings. The lowest BCUT2D eigenvalue weighted by molar-refractivity contribution is -0.137. The third-order valence-electron chi connectivity index (χ3n) is 3.66. The van der Waals surface area contributed by atoms with E-state index >= 15 is 0 Å². The SMILES string of the molecule is O=C1C(Cl)=C(Nc2ccc(I)cc2)C(=O)N1c1cc(C(F)(F)F)ccc1Cl. The molecular weight excluding hydrogens is 519 g/mol. The van der Waals surface area contributed by atoms with Crippen LogP contribution in [0, 0.1) is 3.57 Å². The highest BCUT2D eigenvalue weighted by atomic mass is 127. The average Bonchev–Trinajstić information content (AvgIpc) is 2.80. The summed E-state index contributed by atoms with van der Waals surface area (Å²) >= 11 is 14.0. The second kappa shape index (κ2) is 7.33. The van der Waals surface area contributed by atoms with Crippen LogP contribution >= 0.6 is 45.8 Å². The summed E-state index contributed by atoms with van der Waals surface area (Å²) in [5.41, 5.74) is -1.19. The molecule has 1 heterocycles. The van der Waals surface area contributed by atoms with Gasteiger partial charge in [0, 0.05) is 9.26 Å². The summed E-state index contributed by atoms with van der Waals surface area (Å²) in [6, 6.07) is 9.22. The van der Waals surface area contributed by atoms with E-state index in [1.807, 2.05) is 0 Å². The number of halogens is 6. The molecule has 0 fully saturated rings. The van der Waals surface area contributed by atoms with Crippen molar-refractivity contribution in [3.63, 3.8) is 0 Å². The summed E-state index contributed by atoms with van der Waals surface area (Å²) < 4.78 is 39.9. The predicted molar refractivity (Wildman–Crippen MR) is 105 cm³/mol. The fourth-order valence-corrected chi connectivity index (χ4v) is 3.14. The maximum absolute atomic E-state index is 13.0. The first-order chi connectivity index (χ1) is 12.6. The number of carbonyl (C=O) groups excluding carboxylic acids is 2. The first-order valence-electron chi connectivity index (χ1n) is 7.27. The number of carbonyl (C=O) groups is 2. The normalized spacial score (nSPS) is 15.0. The molecule has 27 heavy (non-hydrogen) atoms. The number of anilines is 2. The van der Waals surface area contributed by atoms with E-state index in [1.165, 1.54) is 0 Å². The van der Waals surface area contributed by atoms with E-state index in [0.717, 1.165) is 15.7 Å². The van der Waals surface area contributed by atoms with Crippen LogP contribution in [0.5, 0.6) is 0 Å². The highest BCUT2D eigenvalue weighted by Gasteiger charge is 2.41. The minimum Gasteiger partial charge on any atom is -0.350 e. The minimum absolute atomic E-state index is 0.190. The molecule has 140 valence electrons. The van der Waals surface area contributed by atoms with E-state index < -0.39 is 28.6 Å². The topological polar surface area (TPSA) is 49.4 Å². The Morgan fingerprint density at radius 3 is 2.19 bits per heavy atom. The van der Waals surface area contributed by atoms with Gasteiger partial charge in [-0.3, -0.25) is 9.59 Å². The number of hydrogen-bond acceptors (Lipinski definition) is 3. The van der Waals surface area contributed by atoms with E-state index in [0.29, 0.717) is 16.7 Å². The van der Waals surface area contributed by atoms with Crippen LogP contribution in [0.15, 0.2) is 53.2 Å². The Balaban J connectivity index is 1.97. The number of nitrogens with one attached hydrogen (secondary N) is 1. The molecule has 0 saturated carbocycles. The van der Waals surface area contributed by atoms with Gasteiger partial charge in [-0.2, -0.15) is 13.2 Å². The van der Waals surface area contributed by atoms with Crippen LogP contribution in [0.25, 0.3) is 0 Å². The average molecular weight is 527 g/mol. The lowest BCUT2D eigenvalue weighted by atomic mass is 10.2. The van der Waals surface area contributed by atoms with Crippen molar-refractivity contribution in [2.75, 3.05) is 10.2 Å². The smallest absolute Gasteiger partial charge is 0.350 e. The van der Waals surface area contributed by atoms with Crippen molar-refractivity contribution in [2.45, 2.75) is 6.18 Å². The van der Waals surface area contributed by atoms with Gasteiger partial charge in [0.25, 0.3) is 11.8 Å². The summed E-state index contributed by atoms with van der Waals surface area (Å²) in [6.07, 6.45) is -4.66. The number of imide groups is 1. The van der Waals surface area contributed by atoms with Crippen LogP contribution in [-0.4, -0.2) is 11.8 Å². The predicted octanol–water partition coefficient (Wildman–Crippen LogP) is 5.40. The molecule has 0 unspecified atom stereocenters. The summed E-state index contributed by atoms with van der Waals surface area (Å²) in [5, 5.41) is 2.10. The molecule has 2 aromatic rings. The van der Waals surface area contributed by atoms with E-state index in [9.17, 15) is 22.8 Å². The van der Waals surface area contributed by atoms with Gasteiger partial charge in [-0.25, -0.2) is 4.90 Å². The van der Waals surface area contributed by atoms with E-state index in [4.69, 9.17) is 23.2 Å². The molecule has 0 bridgehead atoms. The Bertz CT molecular complexity index is 975. The van der Waals surface area contributed by atoms with Crippen molar-refractivity contribution in [3.8, 4) is 0 Å². The molecule has 2 aromatic carbocycles. The second-order valence-electron chi connectivity index (χ2n) is 5.43. The van der Waals surface area contributed by atoms with Crippen molar-refractivity contribution in [1.82, 2.24) is 0 Å². The first kappa shape index (κ1) is 20.0. The third-order valence-corrected chi connectivity index (χ3v) is 5.04. The number of benzene rings is 2. The van der Waals surface area contributed by atoms with Gasteiger partial charge < -0.3 is 5.32 Å². The summed E-state index contributed by atoms with van der Waals surface area (Å²) in [7, 11) is 0. The van der Waals surface area contributed by atoms with Crippen LogP contribution < -0.4 is 10.2 Å². The Labute approximate surface area is 175 Å². The second-order valence-corrected chi connectivity index (χ2v) is 7.46. The van der Waals surface area contributed by atoms with Gasteiger partial charge in [0.15, 0.2) is 0 Å². The number of alkyl halides is 3. The Kier molecular flexibility index (Phi) is 5.42. The van der Waals surface area contributed by atoms with Crippen LogP contribution in [0.4, 0.5) is 24.5 Å². The zero-order valence-electron chi connectivity index (χ0n) is 13.1. The Morgan fingerprint density at radius 1 is 0.963 bits per heavy atom. The van der Waals surface area contributed by atoms with Gasteiger partial charge in [0.1, 0.15) is 10.7 Å². The quantitative estimate of drug-likeness (QED) is 0.430. The monoisotopic (exact) mass is 526 g/mol. The molecule has 10 heteroatoms. The van der Waals surface area contributed by atoms with Crippen LogP contribution in [0.3, 0.4) is 0 Å². The number of nitrogens with zero attached hydrogens (tertiary/aromatic N) is 1. The highest BCUT2D eigenvalue weighted by molar-refractivity contribution is 14.1. The standard InChI is InChI=1S/C17H8Cl2F3IN2O2/c18-11-6-1-8(17(20,21)22)7-12(11)25-15(26)13(19)14(16(25)27)24-10-4-2-9(23)3-5-10/h1-7,24H. The van der Waals surface area contributed by atoms with Crippen LogP contribution in [-0.2, 0) is 15.8 Å². The molecule has 0 radical (unpaired) electrons. The summed E-state index contributed by atoms with van der Waals surface area (Å²) in [6.45, 7) is 0. The van der Waals surface area contributed by atoms with E-state index in [-0.39, 0.29) is 16.4 Å². The molecule has 0 saturated heterocycles. The lowest BCUT2D eigenvalue weighted by Gasteiger charge is -2.18. The summed E-state index contributed by atoms with van der Waals surface area (Å²) in [5.74, 6) is -1.86. The molecule has 1 N–H and O–H groups in total. The summed E-state index contributed by atoms with van der Waals surface area (Å²) in [4.78, 5) is 25.6. The fraction of sp³-hybridized carbons (Fsp3) is 0.0588. The van der Waals surface area contributed by atoms with Crippen molar-refractivity contribution in [2.24, 2.45) is 0 Å². The van der Waals surface area contributed by atoms with E-state index in [2.05, 4.69) is 27.9 Å². The van der Waals surface area contributed by atoms with Gasteiger partial charge in [0.2, 0.25) is 0 Å². The number of rotatable bonds is 3. The van der Waals surface area contributed by atoms with Gasteiger partial charge in [0.05, 0.1) is 16.3 Å². The van der Waals surface area contributed by atoms with Gasteiger partial charge in [-0.05, 0) is 65.1 Å². The van der Waals surface area contributed by atoms with Crippen molar-refractivity contribution in [3.05, 3.63) is 67.4 Å². The molecule has 2 amide bonds. The molecule has 0 spiro atoms. The van der Waals surface area contributed by atoms with Crippen LogP contribution in [0.1, 0.15) is 5.56 Å². The zero-order valence-corrected chi connectivity index (χ0v) is 16.7. The molecule has 4 nitrogen and oxygen atoms in total. The first-order valence-corrected chi connectivity index (χ1v) is 9.11. The van der Waals surface area contributed by atoms with E-state index in [1.54, 1.807) is 24.3 Å². The van der Waals surface area contributed by atoms with Gasteiger partial charge in [-0.1, -0.05) is 23.2 Å². The van der Waals surface area contributed by atoms with Crippen molar-refractivity contribution >= 4 is 69.0 Å². The molecular formula is C17H8Cl2F3IN2O2. The third kappa shape index (κ3) is 3.92. The molecule has 0 aliphatic carbocycles. The molecule has 0 aromatic heterocycles. The van der Waals surface area contributed by atoms with Crippen molar-refractivity contribution in [1.29, 1.82) is 0 Å². The molecule has 1 aliphatic heterocycles. The Morgan fingerprint density at radius 2 is 1.59 bits per heavy atom. The zero-order chi connectivity index (χ0) is 19.9. The molecule has 3 rings (SSSR count). The van der Waals surface area contributed by atoms with Crippen LogP contribution in [0.2, 0.25) is 5.02 Å². The van der Waals surface area contributed by atoms with Crippen molar-refractivity contribution < 1.29 is 22.8 Å². The Hall–Kier alpha value is -1.78. The van der Waals surface area contributed by atoms with Gasteiger partial charge >= 0.3 is 6.18 Å². The maximum atomic E-state index is 13.0. The minimum atomic E-state index is -4.66.